The molecule has 1 unspecified atom stereocenters. The molecule has 3 aliphatic carbocycles. The topological polar surface area (TPSA) is 93.1 Å². The molecule has 6 nitrogen and oxygen atoms in total. The van der Waals surface area contributed by atoms with Gasteiger partial charge in [0.05, 0.1) is 6.10 Å². The van der Waals surface area contributed by atoms with Crippen molar-refractivity contribution in [2.75, 3.05) is 13.2 Å². The van der Waals surface area contributed by atoms with Crippen molar-refractivity contribution in [3.05, 3.63) is 29.3 Å². The zero-order valence-corrected chi connectivity index (χ0v) is 16.2. The maximum atomic E-state index is 10.9. The second-order valence-electron chi connectivity index (χ2n) is 8.77. The van der Waals surface area contributed by atoms with Crippen molar-refractivity contribution in [1.82, 2.24) is 0 Å². The molecule has 1 aromatic carbocycles. The van der Waals surface area contributed by atoms with Crippen molar-refractivity contribution in [3.8, 4) is 5.75 Å². The minimum atomic E-state index is -0.967. The number of ether oxygens (including phenoxy) is 2. The molecule has 4 rings (SSSR count). The summed E-state index contributed by atoms with van der Waals surface area (Å²) in [6.07, 6.45) is 6.35. The van der Waals surface area contributed by atoms with Gasteiger partial charge in [0.1, 0.15) is 12.4 Å². The van der Waals surface area contributed by atoms with E-state index >= 15 is 0 Å². The second kappa shape index (κ2) is 7.39. The second-order valence-corrected chi connectivity index (χ2v) is 8.77. The molecule has 28 heavy (non-hydrogen) atoms. The quantitative estimate of drug-likeness (QED) is 0.775. The van der Waals surface area contributed by atoms with E-state index in [0.29, 0.717) is 23.5 Å². The van der Waals surface area contributed by atoms with Crippen molar-refractivity contribution in [2.24, 2.45) is 17.3 Å². The summed E-state index contributed by atoms with van der Waals surface area (Å²) in [7, 11) is 0. The van der Waals surface area contributed by atoms with Crippen LogP contribution in [-0.2, 0) is 20.7 Å². The Balaban J connectivity index is 1.51. The van der Waals surface area contributed by atoms with Gasteiger partial charge in [0.15, 0.2) is 6.61 Å². The number of carboxylic acid groups (broad SMARTS) is 2. The Kier molecular flexibility index (Phi) is 5.08. The smallest absolute Gasteiger partial charge is 0.341 e. The Labute approximate surface area is 164 Å². The Bertz CT molecular complexity index is 774. The van der Waals surface area contributed by atoms with Crippen molar-refractivity contribution >= 4 is 11.9 Å². The molecular weight excluding hydrogens is 360 g/mol. The van der Waals surface area contributed by atoms with Crippen molar-refractivity contribution < 1.29 is 29.3 Å². The first-order valence-corrected chi connectivity index (χ1v) is 10.2. The average Bonchev–Trinajstić information content (AvgIpc) is 3.00. The monoisotopic (exact) mass is 388 g/mol. The zero-order chi connectivity index (χ0) is 19.9. The third kappa shape index (κ3) is 3.39. The molecule has 152 valence electrons. The van der Waals surface area contributed by atoms with Gasteiger partial charge in [0, 0.05) is 0 Å². The van der Waals surface area contributed by atoms with Crippen LogP contribution in [0.15, 0.2) is 18.2 Å². The predicted molar refractivity (Wildman–Crippen MR) is 102 cm³/mol. The number of benzene rings is 1. The predicted octanol–water partition coefficient (Wildman–Crippen LogP) is 3.48. The summed E-state index contributed by atoms with van der Waals surface area (Å²) in [6, 6.07) is 6.03. The summed E-state index contributed by atoms with van der Waals surface area (Å²) < 4.78 is 11.1. The summed E-state index contributed by atoms with van der Waals surface area (Å²) in [6.45, 7) is 1.78. The fourth-order valence-corrected chi connectivity index (χ4v) is 6.19. The van der Waals surface area contributed by atoms with Crippen LogP contribution >= 0.6 is 0 Å². The summed E-state index contributed by atoms with van der Waals surface area (Å²) in [5.41, 5.74) is 2.74. The van der Waals surface area contributed by atoms with Crippen LogP contribution in [-0.4, -0.2) is 41.5 Å². The van der Waals surface area contributed by atoms with Crippen LogP contribution in [0.4, 0.5) is 0 Å². The highest BCUT2D eigenvalue weighted by Crippen LogP contribution is 2.61. The Morgan fingerprint density at radius 3 is 2.64 bits per heavy atom. The van der Waals surface area contributed by atoms with E-state index < -0.39 is 11.9 Å². The first kappa shape index (κ1) is 19.2. The van der Waals surface area contributed by atoms with E-state index in [2.05, 4.69) is 13.0 Å². The Hall–Kier alpha value is -2.08. The fourth-order valence-electron chi connectivity index (χ4n) is 6.19. The molecule has 6 heteroatoms. The van der Waals surface area contributed by atoms with E-state index in [1.165, 1.54) is 11.1 Å². The molecule has 2 fully saturated rings. The van der Waals surface area contributed by atoms with Gasteiger partial charge in [-0.05, 0) is 85.0 Å². The molecule has 0 spiro atoms. The fraction of sp³-hybridized carbons (Fsp3) is 0.636. The third-order valence-corrected chi connectivity index (χ3v) is 7.38. The number of fused-ring (bicyclic) bond motifs is 5. The maximum Gasteiger partial charge on any atom is 0.341 e. The molecule has 5 atom stereocenters. The van der Waals surface area contributed by atoms with Crippen LogP contribution in [0.25, 0.3) is 0 Å². The molecule has 0 saturated heterocycles. The van der Waals surface area contributed by atoms with Crippen LogP contribution in [0.5, 0.6) is 5.75 Å². The standard InChI is InChI=1S/C22H28O6/c1-22-9-8-16-15-5-3-14(27-11-20(23)24)10-13(15)2-4-17(16)18(22)6-7-19(22)28-12-21(25)26/h3,5,10,16-19H,2,4,6-9,11-12H2,1H3,(H,23,24)(H,25,26)/t16-,17-,18+,19?,22+/m1/s1. The number of hydrogen-bond donors (Lipinski definition) is 2. The van der Waals surface area contributed by atoms with Crippen LogP contribution in [0.3, 0.4) is 0 Å². The molecule has 0 aromatic heterocycles. The van der Waals surface area contributed by atoms with E-state index in [1.807, 2.05) is 12.1 Å². The van der Waals surface area contributed by atoms with Gasteiger partial charge in [-0.15, -0.1) is 0 Å². The van der Waals surface area contributed by atoms with Crippen molar-refractivity contribution in [1.29, 1.82) is 0 Å². The number of carbonyl (C=O) groups is 2. The van der Waals surface area contributed by atoms with E-state index in [9.17, 15) is 9.59 Å². The van der Waals surface area contributed by atoms with Crippen LogP contribution < -0.4 is 4.74 Å². The Morgan fingerprint density at radius 1 is 1.11 bits per heavy atom. The van der Waals surface area contributed by atoms with Crippen LogP contribution in [0.2, 0.25) is 0 Å². The number of aryl methyl sites for hydroxylation is 1. The maximum absolute atomic E-state index is 10.9. The molecule has 0 heterocycles. The minimum Gasteiger partial charge on any atom is -0.482 e. The van der Waals surface area contributed by atoms with Crippen molar-refractivity contribution in [3.63, 3.8) is 0 Å². The zero-order valence-electron chi connectivity index (χ0n) is 16.2. The summed E-state index contributed by atoms with van der Waals surface area (Å²) >= 11 is 0. The van der Waals surface area contributed by atoms with Gasteiger partial charge in [-0.1, -0.05) is 13.0 Å². The largest absolute Gasteiger partial charge is 0.482 e. The number of rotatable bonds is 6. The van der Waals surface area contributed by atoms with Gasteiger partial charge >= 0.3 is 11.9 Å². The molecule has 1 aromatic rings. The number of hydrogen-bond acceptors (Lipinski definition) is 4. The molecule has 0 bridgehead atoms. The number of aliphatic carboxylic acids is 2. The highest BCUT2D eigenvalue weighted by atomic mass is 16.5. The van der Waals surface area contributed by atoms with Crippen LogP contribution in [0, 0.1) is 17.3 Å². The van der Waals surface area contributed by atoms with E-state index in [-0.39, 0.29) is 24.7 Å². The van der Waals surface area contributed by atoms with E-state index in [4.69, 9.17) is 19.7 Å². The Morgan fingerprint density at radius 2 is 1.89 bits per heavy atom. The van der Waals surface area contributed by atoms with E-state index in [0.717, 1.165) is 38.5 Å². The summed E-state index contributed by atoms with van der Waals surface area (Å²) in [5, 5.41) is 17.8. The first-order valence-electron chi connectivity index (χ1n) is 10.2. The lowest BCUT2D eigenvalue weighted by atomic mass is 9.55. The van der Waals surface area contributed by atoms with Gasteiger partial charge in [0.25, 0.3) is 0 Å². The van der Waals surface area contributed by atoms with Gasteiger partial charge in [-0.2, -0.15) is 0 Å². The highest BCUT2D eigenvalue weighted by molar-refractivity contribution is 5.68. The van der Waals surface area contributed by atoms with Gasteiger partial charge < -0.3 is 19.7 Å². The first-order chi connectivity index (χ1) is 13.4. The summed E-state index contributed by atoms with van der Waals surface area (Å²) in [5.74, 6) is 0.465. The SMILES string of the molecule is C[C@]12CC[C@@H]3c4ccc(OCC(=O)O)cc4CC[C@H]3[C@@H]1CCC2OCC(=O)O. The molecular formula is C22H28O6. The van der Waals surface area contributed by atoms with Crippen LogP contribution in [0.1, 0.15) is 56.1 Å². The lowest BCUT2D eigenvalue weighted by molar-refractivity contribution is -0.148. The lowest BCUT2D eigenvalue weighted by Crippen LogP contribution is -2.45. The van der Waals surface area contributed by atoms with Gasteiger partial charge in [-0.25, -0.2) is 9.59 Å². The normalized spacial score (nSPS) is 33.5. The molecule has 3 aliphatic rings. The van der Waals surface area contributed by atoms with Gasteiger partial charge in [0.2, 0.25) is 0 Å². The third-order valence-electron chi connectivity index (χ3n) is 7.38. The van der Waals surface area contributed by atoms with Gasteiger partial charge in [-0.3, -0.25) is 0 Å². The lowest BCUT2D eigenvalue weighted by Gasteiger charge is -2.50. The van der Waals surface area contributed by atoms with E-state index in [1.54, 1.807) is 0 Å². The average molecular weight is 388 g/mol. The summed E-state index contributed by atoms with van der Waals surface area (Å²) in [4.78, 5) is 21.7. The minimum absolute atomic E-state index is 0.0442. The molecule has 2 N–H and O–H groups in total. The highest BCUT2D eigenvalue weighted by Gasteiger charge is 2.55. The number of carboxylic acids is 2. The van der Waals surface area contributed by atoms with Crippen molar-refractivity contribution in [2.45, 2.75) is 57.5 Å². The molecule has 2 saturated carbocycles. The molecule has 0 aliphatic heterocycles. The molecule has 0 amide bonds. The molecule has 0 radical (unpaired) electrons.